The van der Waals surface area contributed by atoms with Gasteiger partial charge in [-0.25, -0.2) is 9.67 Å². The van der Waals surface area contributed by atoms with E-state index >= 15 is 0 Å². The highest BCUT2D eigenvalue weighted by atomic mass is 32.1. The Labute approximate surface area is 166 Å². The van der Waals surface area contributed by atoms with Crippen LogP contribution < -0.4 is 5.32 Å². The number of hydrogen-bond acceptors (Lipinski definition) is 5. The van der Waals surface area contributed by atoms with Crippen molar-refractivity contribution in [3.8, 4) is 16.9 Å². The number of halogens is 3. The summed E-state index contributed by atoms with van der Waals surface area (Å²) in [6.07, 6.45) is 0.0923. The van der Waals surface area contributed by atoms with Crippen LogP contribution in [-0.2, 0) is 6.18 Å². The zero-order chi connectivity index (χ0) is 20.4. The van der Waals surface area contributed by atoms with Gasteiger partial charge in [0.05, 0.1) is 11.3 Å². The highest BCUT2D eigenvalue weighted by Gasteiger charge is 2.34. The van der Waals surface area contributed by atoms with Gasteiger partial charge < -0.3 is 0 Å². The molecule has 0 fully saturated rings. The van der Waals surface area contributed by atoms with Crippen LogP contribution in [0.4, 0.5) is 18.3 Å². The van der Waals surface area contributed by atoms with E-state index in [0.717, 1.165) is 11.1 Å². The molecule has 146 valence electrons. The number of nitrogens with zero attached hydrogens (tertiary/aromatic N) is 4. The second kappa shape index (κ2) is 7.47. The fourth-order valence-corrected chi connectivity index (χ4v) is 3.31. The van der Waals surface area contributed by atoms with Crippen LogP contribution in [0, 0.1) is 0 Å². The fourth-order valence-electron chi connectivity index (χ4n) is 2.59. The second-order valence-electron chi connectivity index (χ2n) is 5.90. The molecule has 4 rings (SSSR count). The van der Waals surface area contributed by atoms with Crippen molar-refractivity contribution in [1.82, 2.24) is 19.7 Å². The highest BCUT2D eigenvalue weighted by molar-refractivity contribution is 7.14. The van der Waals surface area contributed by atoms with Crippen LogP contribution >= 0.6 is 11.3 Å². The van der Waals surface area contributed by atoms with Gasteiger partial charge in [0.25, 0.3) is 5.91 Å². The topological polar surface area (TPSA) is 72.7 Å². The van der Waals surface area contributed by atoms with E-state index in [2.05, 4.69) is 20.4 Å². The minimum atomic E-state index is -4.57. The molecule has 3 heterocycles. The zero-order valence-electron chi connectivity index (χ0n) is 14.6. The fraction of sp³-hybridized carbons (Fsp3) is 0.0526. The van der Waals surface area contributed by atoms with E-state index in [-0.39, 0.29) is 10.7 Å². The van der Waals surface area contributed by atoms with Crippen LogP contribution in [0.5, 0.6) is 0 Å². The predicted octanol–water partition coefficient (Wildman–Crippen LogP) is 4.66. The standard InChI is InChI=1S/C19H12F3N5OS/c20-19(21,22)15-11-29-18(24-15)25-17(28)14-10-27(13-6-2-1-3-7-13)26-16(14)12-5-4-8-23-9-12/h1-11H,(H,24,25,28). The van der Waals surface area contributed by atoms with Crippen LogP contribution in [0.15, 0.2) is 66.4 Å². The number of pyridine rings is 1. The summed E-state index contributed by atoms with van der Waals surface area (Å²) in [7, 11) is 0. The first-order chi connectivity index (χ1) is 13.9. The van der Waals surface area contributed by atoms with Gasteiger partial charge in [0.15, 0.2) is 10.8 Å². The number of carbonyl (C=O) groups excluding carboxylic acids is 1. The Balaban J connectivity index is 1.71. The maximum Gasteiger partial charge on any atom is 0.434 e. The van der Waals surface area contributed by atoms with E-state index in [4.69, 9.17) is 0 Å². The SMILES string of the molecule is O=C(Nc1nc(C(F)(F)F)cs1)c1cn(-c2ccccc2)nc1-c1cccnc1. The lowest BCUT2D eigenvalue weighted by molar-refractivity contribution is -0.140. The number of hydrogen-bond donors (Lipinski definition) is 1. The zero-order valence-corrected chi connectivity index (χ0v) is 15.4. The van der Waals surface area contributed by atoms with E-state index in [1.54, 1.807) is 24.5 Å². The van der Waals surface area contributed by atoms with E-state index < -0.39 is 17.8 Å². The van der Waals surface area contributed by atoms with Gasteiger partial charge in [-0.2, -0.15) is 18.3 Å². The number of rotatable bonds is 4. The average molecular weight is 415 g/mol. The van der Waals surface area contributed by atoms with E-state index in [0.29, 0.717) is 22.6 Å². The Morgan fingerprint density at radius 3 is 2.55 bits per heavy atom. The van der Waals surface area contributed by atoms with E-state index in [1.807, 2.05) is 30.3 Å². The molecule has 0 radical (unpaired) electrons. The molecule has 1 N–H and O–H groups in total. The summed E-state index contributed by atoms with van der Waals surface area (Å²) >= 11 is 0.702. The molecule has 0 bridgehead atoms. The molecule has 29 heavy (non-hydrogen) atoms. The number of thiazole rings is 1. The summed E-state index contributed by atoms with van der Waals surface area (Å²) in [5, 5.41) is 7.60. The van der Waals surface area contributed by atoms with Gasteiger partial charge in [-0.15, -0.1) is 11.3 Å². The van der Waals surface area contributed by atoms with Crippen LogP contribution in [-0.4, -0.2) is 25.7 Å². The van der Waals surface area contributed by atoms with Gasteiger partial charge in [0, 0.05) is 29.5 Å². The molecule has 1 aromatic carbocycles. The number of alkyl halides is 3. The Morgan fingerprint density at radius 2 is 1.90 bits per heavy atom. The maximum atomic E-state index is 12.8. The van der Waals surface area contributed by atoms with E-state index in [1.165, 1.54) is 10.9 Å². The van der Waals surface area contributed by atoms with Crippen LogP contribution in [0.2, 0.25) is 0 Å². The number of amides is 1. The molecule has 0 spiro atoms. The van der Waals surface area contributed by atoms with Crippen molar-refractivity contribution >= 4 is 22.4 Å². The number of para-hydroxylation sites is 1. The van der Waals surface area contributed by atoms with Gasteiger partial charge >= 0.3 is 6.18 Å². The molecular formula is C19H12F3N5OS. The van der Waals surface area contributed by atoms with Crippen molar-refractivity contribution in [2.24, 2.45) is 0 Å². The van der Waals surface area contributed by atoms with Crippen molar-refractivity contribution in [3.63, 3.8) is 0 Å². The third kappa shape index (κ3) is 4.02. The second-order valence-corrected chi connectivity index (χ2v) is 6.76. The van der Waals surface area contributed by atoms with Crippen molar-refractivity contribution in [3.05, 3.63) is 77.7 Å². The third-order valence-corrected chi connectivity index (χ3v) is 4.69. The molecule has 0 aliphatic carbocycles. The van der Waals surface area contributed by atoms with Gasteiger partial charge in [-0.3, -0.25) is 15.1 Å². The normalized spacial score (nSPS) is 11.4. The third-order valence-electron chi connectivity index (χ3n) is 3.93. The Morgan fingerprint density at radius 1 is 1.10 bits per heavy atom. The Kier molecular flexibility index (Phi) is 4.85. The van der Waals surface area contributed by atoms with E-state index in [9.17, 15) is 18.0 Å². The number of nitrogens with one attached hydrogen (secondary N) is 1. The lowest BCUT2D eigenvalue weighted by Gasteiger charge is -2.03. The highest BCUT2D eigenvalue weighted by Crippen LogP contribution is 2.32. The van der Waals surface area contributed by atoms with Crippen molar-refractivity contribution in [2.75, 3.05) is 5.32 Å². The first-order valence-electron chi connectivity index (χ1n) is 8.31. The monoisotopic (exact) mass is 415 g/mol. The lowest BCUT2D eigenvalue weighted by Crippen LogP contribution is -2.13. The van der Waals surface area contributed by atoms with Gasteiger partial charge in [-0.1, -0.05) is 18.2 Å². The Hall–Kier alpha value is -3.53. The summed E-state index contributed by atoms with van der Waals surface area (Å²) in [6, 6.07) is 12.6. The van der Waals surface area contributed by atoms with Crippen LogP contribution in [0.3, 0.4) is 0 Å². The number of anilines is 1. The predicted molar refractivity (Wildman–Crippen MR) is 102 cm³/mol. The van der Waals surface area contributed by atoms with Crippen molar-refractivity contribution < 1.29 is 18.0 Å². The maximum absolute atomic E-state index is 12.8. The minimum Gasteiger partial charge on any atom is -0.298 e. The summed E-state index contributed by atoms with van der Waals surface area (Å²) < 4.78 is 39.8. The molecule has 3 aromatic heterocycles. The lowest BCUT2D eigenvalue weighted by atomic mass is 10.1. The minimum absolute atomic E-state index is 0.146. The molecule has 0 saturated carbocycles. The summed E-state index contributed by atoms with van der Waals surface area (Å²) in [6.45, 7) is 0. The van der Waals surface area contributed by atoms with Gasteiger partial charge in [0.2, 0.25) is 0 Å². The molecular weight excluding hydrogens is 403 g/mol. The largest absolute Gasteiger partial charge is 0.434 e. The number of benzene rings is 1. The quantitative estimate of drug-likeness (QED) is 0.526. The molecule has 6 nitrogen and oxygen atoms in total. The van der Waals surface area contributed by atoms with Gasteiger partial charge in [0.1, 0.15) is 5.69 Å². The van der Waals surface area contributed by atoms with Crippen LogP contribution in [0.1, 0.15) is 16.1 Å². The summed E-state index contributed by atoms with van der Waals surface area (Å²) in [5.74, 6) is -0.617. The first-order valence-corrected chi connectivity index (χ1v) is 9.19. The molecule has 0 saturated heterocycles. The van der Waals surface area contributed by atoms with Crippen LogP contribution in [0.25, 0.3) is 16.9 Å². The summed E-state index contributed by atoms with van der Waals surface area (Å²) in [4.78, 5) is 20.3. The molecule has 0 aliphatic heterocycles. The molecule has 1 amide bonds. The molecule has 0 unspecified atom stereocenters. The molecule has 0 atom stereocenters. The number of aromatic nitrogens is 4. The summed E-state index contributed by atoms with van der Waals surface area (Å²) in [5.41, 5.74) is 0.815. The Bertz CT molecular complexity index is 1140. The van der Waals surface area contributed by atoms with Crippen molar-refractivity contribution in [1.29, 1.82) is 0 Å². The first kappa shape index (κ1) is 18.8. The average Bonchev–Trinajstić information content (AvgIpc) is 3.36. The van der Waals surface area contributed by atoms with Crippen molar-refractivity contribution in [2.45, 2.75) is 6.18 Å². The molecule has 10 heteroatoms. The number of carbonyl (C=O) groups is 1. The van der Waals surface area contributed by atoms with Gasteiger partial charge in [-0.05, 0) is 24.3 Å². The molecule has 0 aliphatic rings. The molecule has 4 aromatic rings. The smallest absolute Gasteiger partial charge is 0.298 e.